The van der Waals surface area contributed by atoms with E-state index >= 15 is 0 Å². The zero-order valence-electron chi connectivity index (χ0n) is 15.5. The number of hydrogen-bond donors (Lipinski definition) is 2. The maximum Gasteiger partial charge on any atom is 0.416 e. The molecule has 11 heteroatoms. The Labute approximate surface area is 165 Å². The van der Waals surface area contributed by atoms with E-state index in [1.807, 2.05) is 18.9 Å². The van der Waals surface area contributed by atoms with Crippen LogP contribution in [-0.4, -0.2) is 39.7 Å². The number of nitrogens with zero attached hydrogens (tertiary/aromatic N) is 3. The van der Waals surface area contributed by atoms with Gasteiger partial charge < -0.3 is 4.74 Å². The maximum atomic E-state index is 12.6. The van der Waals surface area contributed by atoms with E-state index in [0.717, 1.165) is 30.1 Å². The maximum absolute atomic E-state index is 12.6. The number of aromatic amines is 1. The number of ether oxygens (including phenoxy) is 1. The molecule has 1 aromatic heterocycles. The highest BCUT2D eigenvalue weighted by atomic mass is 32.2. The molecule has 0 atom stereocenters. The topological polar surface area (TPSA) is 75.3 Å². The van der Waals surface area contributed by atoms with Crippen molar-refractivity contribution in [1.29, 1.82) is 0 Å². The third kappa shape index (κ3) is 5.60. The lowest BCUT2D eigenvalue weighted by Crippen LogP contribution is -2.39. The molecule has 0 aliphatic carbocycles. The van der Waals surface area contributed by atoms with Gasteiger partial charge in [-0.3, -0.25) is 0 Å². The van der Waals surface area contributed by atoms with Crippen LogP contribution < -0.4 is 9.46 Å². The van der Waals surface area contributed by atoms with Crippen LogP contribution in [0.2, 0.25) is 0 Å². The summed E-state index contributed by atoms with van der Waals surface area (Å²) in [4.78, 5) is 0. The SMILES string of the molecule is CC(C)(NSON1CCC(Oc2ccc(C(F)(F)F)cc2)CC1)c1cn[nH]n1. The van der Waals surface area contributed by atoms with Crippen LogP contribution in [0.5, 0.6) is 5.75 Å². The number of aromatic nitrogens is 3. The summed E-state index contributed by atoms with van der Waals surface area (Å²) < 4.78 is 52.4. The standard InChI is InChI=1S/C17H22F3N5O2S/c1-16(2,15-11-21-24-22-15)23-28-27-25-9-7-14(8-10-25)26-13-5-3-12(4-6-13)17(18,19)20/h3-6,11,14,23H,7-10H2,1-2H3,(H,21,22,24). The van der Waals surface area contributed by atoms with Gasteiger partial charge in [0.15, 0.2) is 0 Å². The molecule has 0 bridgehead atoms. The number of piperidine rings is 1. The van der Waals surface area contributed by atoms with Gasteiger partial charge in [-0.1, -0.05) is 0 Å². The van der Waals surface area contributed by atoms with Gasteiger partial charge >= 0.3 is 6.18 Å². The predicted molar refractivity (Wildman–Crippen MR) is 97.9 cm³/mol. The number of nitrogens with one attached hydrogen (secondary N) is 2. The van der Waals surface area contributed by atoms with Crippen molar-refractivity contribution in [2.24, 2.45) is 0 Å². The molecule has 1 aromatic carbocycles. The van der Waals surface area contributed by atoms with Crippen molar-refractivity contribution < 1.29 is 22.2 Å². The van der Waals surface area contributed by atoms with Crippen LogP contribution in [0.3, 0.4) is 0 Å². The molecule has 3 rings (SSSR count). The van der Waals surface area contributed by atoms with E-state index in [0.29, 0.717) is 31.7 Å². The number of alkyl halides is 3. The fourth-order valence-electron chi connectivity index (χ4n) is 2.67. The summed E-state index contributed by atoms with van der Waals surface area (Å²) in [7, 11) is 0. The monoisotopic (exact) mass is 417 g/mol. The first-order chi connectivity index (χ1) is 13.2. The van der Waals surface area contributed by atoms with E-state index in [-0.39, 0.29) is 6.10 Å². The molecular formula is C17H22F3N5O2S. The highest BCUT2D eigenvalue weighted by molar-refractivity contribution is 7.92. The van der Waals surface area contributed by atoms with Crippen LogP contribution in [-0.2, 0) is 16.0 Å². The first-order valence-electron chi connectivity index (χ1n) is 8.80. The summed E-state index contributed by atoms with van der Waals surface area (Å²) in [5.41, 5.74) is -0.324. The quantitative estimate of drug-likeness (QED) is 0.526. The molecule has 1 aliphatic rings. The van der Waals surface area contributed by atoms with Crippen molar-refractivity contribution in [3.8, 4) is 5.75 Å². The van der Waals surface area contributed by atoms with Crippen molar-refractivity contribution in [3.63, 3.8) is 0 Å². The highest BCUT2D eigenvalue weighted by Gasteiger charge is 2.30. The van der Waals surface area contributed by atoms with E-state index in [4.69, 9.17) is 9.02 Å². The molecule has 2 N–H and O–H groups in total. The van der Waals surface area contributed by atoms with Gasteiger partial charge in [0.25, 0.3) is 0 Å². The number of hydroxylamine groups is 2. The number of benzene rings is 1. The summed E-state index contributed by atoms with van der Waals surface area (Å²) in [5.74, 6) is 0.442. The van der Waals surface area contributed by atoms with Gasteiger partial charge in [0.05, 0.1) is 17.3 Å². The normalized spacial score (nSPS) is 17.0. The van der Waals surface area contributed by atoms with E-state index in [2.05, 4.69) is 20.1 Å². The van der Waals surface area contributed by atoms with Crippen LogP contribution in [0.25, 0.3) is 0 Å². The Morgan fingerprint density at radius 2 is 1.86 bits per heavy atom. The Balaban J connectivity index is 1.39. The predicted octanol–water partition coefficient (Wildman–Crippen LogP) is 3.69. The van der Waals surface area contributed by atoms with Crippen LogP contribution in [0.15, 0.2) is 30.5 Å². The molecule has 7 nitrogen and oxygen atoms in total. The van der Waals surface area contributed by atoms with E-state index < -0.39 is 17.3 Å². The van der Waals surface area contributed by atoms with E-state index in [1.165, 1.54) is 12.1 Å². The second-order valence-corrected chi connectivity index (χ2v) is 7.53. The summed E-state index contributed by atoms with van der Waals surface area (Å²) in [6, 6.07) is 4.79. The fourth-order valence-corrected chi connectivity index (χ4v) is 3.27. The zero-order valence-corrected chi connectivity index (χ0v) is 16.3. The number of H-pyrrole nitrogens is 1. The summed E-state index contributed by atoms with van der Waals surface area (Å²) in [6.07, 6.45) is -1.31. The molecule has 28 heavy (non-hydrogen) atoms. The second-order valence-electron chi connectivity index (χ2n) is 7.01. The minimum atomic E-state index is -4.34. The molecular weight excluding hydrogens is 395 g/mol. The van der Waals surface area contributed by atoms with Crippen LogP contribution >= 0.6 is 12.2 Å². The van der Waals surface area contributed by atoms with Crippen molar-refractivity contribution in [2.45, 2.75) is 44.5 Å². The molecule has 0 radical (unpaired) electrons. The lowest BCUT2D eigenvalue weighted by atomic mass is 10.0. The molecule has 1 aliphatic heterocycles. The first kappa shape index (κ1) is 20.9. The minimum Gasteiger partial charge on any atom is -0.490 e. The minimum absolute atomic E-state index is 0.0545. The van der Waals surface area contributed by atoms with Crippen molar-refractivity contribution >= 4 is 12.2 Å². The van der Waals surface area contributed by atoms with Crippen LogP contribution in [0, 0.1) is 0 Å². The van der Waals surface area contributed by atoms with E-state index in [9.17, 15) is 13.2 Å². The average Bonchev–Trinajstić information content (AvgIpc) is 3.19. The summed E-state index contributed by atoms with van der Waals surface area (Å²) in [6.45, 7) is 5.24. The molecule has 2 aromatic rings. The van der Waals surface area contributed by atoms with Crippen LogP contribution in [0.4, 0.5) is 13.2 Å². The Morgan fingerprint density at radius 1 is 1.18 bits per heavy atom. The third-order valence-electron chi connectivity index (χ3n) is 4.38. The molecule has 0 spiro atoms. The highest BCUT2D eigenvalue weighted by Crippen LogP contribution is 2.31. The average molecular weight is 417 g/mol. The van der Waals surface area contributed by atoms with Gasteiger partial charge in [-0.15, -0.1) is 0 Å². The van der Waals surface area contributed by atoms with Gasteiger partial charge in [-0.2, -0.15) is 33.6 Å². The number of halogens is 3. The molecule has 154 valence electrons. The Kier molecular flexibility index (Phi) is 6.48. The van der Waals surface area contributed by atoms with Gasteiger partial charge in [-0.05, 0) is 51.0 Å². The fraction of sp³-hybridized carbons (Fsp3) is 0.529. The second kappa shape index (κ2) is 8.68. The smallest absolute Gasteiger partial charge is 0.416 e. The first-order valence-corrected chi connectivity index (χ1v) is 9.54. The molecule has 0 amide bonds. The number of rotatable bonds is 7. The molecule has 2 heterocycles. The molecule has 0 saturated carbocycles. The van der Waals surface area contributed by atoms with Gasteiger partial charge in [0, 0.05) is 13.1 Å². The molecule has 0 unspecified atom stereocenters. The summed E-state index contributed by atoms with van der Waals surface area (Å²) >= 11 is 1.12. The van der Waals surface area contributed by atoms with Crippen molar-refractivity contribution in [1.82, 2.24) is 25.2 Å². The zero-order chi connectivity index (χ0) is 20.2. The largest absolute Gasteiger partial charge is 0.490 e. The van der Waals surface area contributed by atoms with E-state index in [1.54, 1.807) is 6.20 Å². The molecule has 1 fully saturated rings. The van der Waals surface area contributed by atoms with Crippen molar-refractivity contribution in [3.05, 3.63) is 41.7 Å². The Bertz CT molecular complexity index is 732. The van der Waals surface area contributed by atoms with Gasteiger partial charge in [0.1, 0.15) is 29.8 Å². The lowest BCUT2D eigenvalue weighted by Gasteiger charge is -2.31. The molecule has 1 saturated heterocycles. The number of hydrogen-bond acceptors (Lipinski definition) is 7. The lowest BCUT2D eigenvalue weighted by molar-refractivity contribution is -0.137. The van der Waals surface area contributed by atoms with Crippen molar-refractivity contribution in [2.75, 3.05) is 13.1 Å². The third-order valence-corrected chi connectivity index (χ3v) is 5.26. The van der Waals surface area contributed by atoms with Gasteiger partial charge in [-0.25, -0.2) is 9.01 Å². The Hall–Kier alpha value is -1.82. The van der Waals surface area contributed by atoms with Gasteiger partial charge in [0.2, 0.25) is 0 Å². The summed E-state index contributed by atoms with van der Waals surface area (Å²) in [5, 5.41) is 12.3. The van der Waals surface area contributed by atoms with Crippen LogP contribution in [0.1, 0.15) is 37.9 Å². The Morgan fingerprint density at radius 3 is 2.43 bits per heavy atom.